The Bertz CT molecular complexity index is 707. The lowest BCUT2D eigenvalue weighted by Crippen LogP contribution is -2.36. The van der Waals surface area contributed by atoms with Crippen molar-refractivity contribution in [2.24, 2.45) is 23.7 Å². The second-order valence-electron chi connectivity index (χ2n) is 7.30. The fourth-order valence-electron chi connectivity index (χ4n) is 4.34. The lowest BCUT2D eigenvalue weighted by molar-refractivity contribution is -0.146. The summed E-state index contributed by atoms with van der Waals surface area (Å²) in [6, 6.07) is 7.17. The largest absolute Gasteiger partial charge is 0.491 e. The minimum atomic E-state index is -0.889. The predicted molar refractivity (Wildman–Crippen MR) is 94.9 cm³/mol. The van der Waals surface area contributed by atoms with Gasteiger partial charge < -0.3 is 19.9 Å². The van der Waals surface area contributed by atoms with Crippen molar-refractivity contribution < 1.29 is 24.2 Å². The molecule has 1 aromatic carbocycles. The first-order valence-electron chi connectivity index (χ1n) is 9.18. The SMILES string of the molecule is O=C(O)C1C2C=CC(C2)C1C(=O)Nc1ccc(OCC2CCCO2)cc1. The molecule has 2 bridgehead atoms. The third-order valence-electron chi connectivity index (χ3n) is 5.63. The van der Waals surface area contributed by atoms with E-state index in [9.17, 15) is 14.7 Å². The van der Waals surface area contributed by atoms with Crippen molar-refractivity contribution in [3.05, 3.63) is 36.4 Å². The van der Waals surface area contributed by atoms with Crippen molar-refractivity contribution >= 4 is 17.6 Å². The molecular weight excluding hydrogens is 334 g/mol. The summed E-state index contributed by atoms with van der Waals surface area (Å²) >= 11 is 0. The van der Waals surface area contributed by atoms with Crippen LogP contribution in [-0.4, -0.2) is 36.3 Å². The second-order valence-corrected chi connectivity index (χ2v) is 7.30. The molecule has 0 radical (unpaired) electrons. The van der Waals surface area contributed by atoms with Gasteiger partial charge in [-0.2, -0.15) is 0 Å². The van der Waals surface area contributed by atoms with Crippen molar-refractivity contribution in [1.29, 1.82) is 0 Å². The van der Waals surface area contributed by atoms with Crippen molar-refractivity contribution in [2.75, 3.05) is 18.5 Å². The molecule has 1 aliphatic heterocycles. The van der Waals surface area contributed by atoms with Gasteiger partial charge in [0, 0.05) is 12.3 Å². The van der Waals surface area contributed by atoms with Gasteiger partial charge in [0.1, 0.15) is 12.4 Å². The van der Waals surface area contributed by atoms with Gasteiger partial charge in [0.15, 0.2) is 0 Å². The van der Waals surface area contributed by atoms with Gasteiger partial charge in [-0.1, -0.05) is 12.2 Å². The second kappa shape index (κ2) is 7.11. The van der Waals surface area contributed by atoms with Crippen LogP contribution in [0.1, 0.15) is 19.3 Å². The Morgan fingerprint density at radius 2 is 1.88 bits per heavy atom. The molecule has 26 heavy (non-hydrogen) atoms. The number of carbonyl (C=O) groups excluding carboxylic acids is 1. The number of fused-ring (bicyclic) bond motifs is 2. The molecule has 6 nitrogen and oxygen atoms in total. The van der Waals surface area contributed by atoms with Crippen LogP contribution < -0.4 is 10.1 Å². The first-order chi connectivity index (χ1) is 12.6. The summed E-state index contributed by atoms with van der Waals surface area (Å²) in [6.07, 6.45) is 6.94. The van der Waals surface area contributed by atoms with E-state index in [1.54, 1.807) is 24.3 Å². The molecular formula is C20H23NO5. The molecule has 2 N–H and O–H groups in total. The minimum Gasteiger partial charge on any atom is -0.491 e. The van der Waals surface area contributed by atoms with Crippen LogP contribution in [0.2, 0.25) is 0 Å². The number of aliphatic carboxylic acids is 1. The number of rotatable bonds is 6. The number of hydrogen-bond acceptors (Lipinski definition) is 4. The number of anilines is 1. The summed E-state index contributed by atoms with van der Waals surface area (Å²) in [5.74, 6) is -1.51. The monoisotopic (exact) mass is 357 g/mol. The number of nitrogens with one attached hydrogen (secondary N) is 1. The van der Waals surface area contributed by atoms with E-state index >= 15 is 0 Å². The molecule has 5 unspecified atom stereocenters. The maximum Gasteiger partial charge on any atom is 0.307 e. The molecule has 1 saturated heterocycles. The van der Waals surface area contributed by atoms with E-state index in [4.69, 9.17) is 9.47 Å². The third-order valence-corrected chi connectivity index (χ3v) is 5.63. The summed E-state index contributed by atoms with van der Waals surface area (Å²) < 4.78 is 11.2. The maximum atomic E-state index is 12.6. The van der Waals surface area contributed by atoms with E-state index < -0.39 is 17.8 Å². The molecule has 138 valence electrons. The summed E-state index contributed by atoms with van der Waals surface area (Å²) in [4.78, 5) is 24.2. The Kier molecular flexibility index (Phi) is 4.68. The van der Waals surface area contributed by atoms with E-state index in [0.717, 1.165) is 31.6 Å². The van der Waals surface area contributed by atoms with Crippen LogP contribution >= 0.6 is 0 Å². The van der Waals surface area contributed by atoms with Crippen molar-refractivity contribution in [1.82, 2.24) is 0 Å². The zero-order valence-corrected chi connectivity index (χ0v) is 14.5. The Morgan fingerprint density at radius 3 is 2.54 bits per heavy atom. The van der Waals surface area contributed by atoms with Gasteiger partial charge in [-0.05, 0) is 55.4 Å². The normalized spacial score (nSPS) is 31.9. The summed E-state index contributed by atoms with van der Waals surface area (Å²) in [5, 5.41) is 12.3. The van der Waals surface area contributed by atoms with Crippen LogP contribution in [0.5, 0.6) is 5.75 Å². The molecule has 0 aromatic heterocycles. The molecule has 3 aliphatic rings. The summed E-state index contributed by atoms with van der Waals surface area (Å²) in [7, 11) is 0. The molecule has 5 atom stereocenters. The van der Waals surface area contributed by atoms with Crippen molar-refractivity contribution in [3.63, 3.8) is 0 Å². The van der Waals surface area contributed by atoms with Crippen LogP contribution in [0, 0.1) is 23.7 Å². The topological polar surface area (TPSA) is 84.9 Å². The molecule has 1 saturated carbocycles. The van der Waals surface area contributed by atoms with Crippen molar-refractivity contribution in [2.45, 2.75) is 25.4 Å². The molecule has 4 rings (SSSR count). The number of carboxylic acid groups (broad SMARTS) is 1. The average Bonchev–Trinajstić information content (AvgIpc) is 3.37. The number of allylic oxidation sites excluding steroid dienone is 2. The van der Waals surface area contributed by atoms with Gasteiger partial charge in [-0.15, -0.1) is 0 Å². The van der Waals surface area contributed by atoms with Crippen LogP contribution in [0.15, 0.2) is 36.4 Å². The lowest BCUT2D eigenvalue weighted by atomic mass is 9.82. The Labute approximate surface area is 152 Å². The first-order valence-corrected chi connectivity index (χ1v) is 9.18. The van der Waals surface area contributed by atoms with Crippen LogP contribution in [0.3, 0.4) is 0 Å². The molecule has 1 amide bonds. The highest BCUT2D eigenvalue weighted by atomic mass is 16.5. The van der Waals surface area contributed by atoms with E-state index in [-0.39, 0.29) is 23.8 Å². The Balaban J connectivity index is 1.35. The highest BCUT2D eigenvalue weighted by Gasteiger charge is 2.51. The Morgan fingerprint density at radius 1 is 1.15 bits per heavy atom. The number of carbonyl (C=O) groups is 2. The van der Waals surface area contributed by atoms with Crippen LogP contribution in [-0.2, 0) is 14.3 Å². The number of carboxylic acids is 1. The quantitative estimate of drug-likeness (QED) is 0.765. The lowest BCUT2D eigenvalue weighted by Gasteiger charge is -2.23. The third kappa shape index (κ3) is 3.33. The average molecular weight is 357 g/mol. The molecule has 0 spiro atoms. The standard InChI is InChI=1S/C20H23NO5/c22-19(17-12-3-4-13(10-12)18(17)20(23)24)21-14-5-7-15(8-6-14)26-11-16-2-1-9-25-16/h3-8,12-13,16-18H,1-2,9-11H2,(H,21,22)(H,23,24). The highest BCUT2D eigenvalue weighted by molar-refractivity contribution is 5.96. The van der Waals surface area contributed by atoms with Gasteiger partial charge in [0.2, 0.25) is 5.91 Å². The molecule has 1 aromatic rings. The van der Waals surface area contributed by atoms with E-state index in [2.05, 4.69) is 5.32 Å². The highest BCUT2D eigenvalue weighted by Crippen LogP contribution is 2.48. The van der Waals surface area contributed by atoms with Crippen LogP contribution in [0.25, 0.3) is 0 Å². The van der Waals surface area contributed by atoms with E-state index in [1.165, 1.54) is 0 Å². The molecule has 1 heterocycles. The van der Waals surface area contributed by atoms with Gasteiger partial charge in [-0.3, -0.25) is 9.59 Å². The van der Waals surface area contributed by atoms with E-state index in [0.29, 0.717) is 12.3 Å². The number of ether oxygens (including phenoxy) is 2. The predicted octanol–water partition coefficient (Wildman–Crippen LogP) is 2.71. The zero-order valence-electron chi connectivity index (χ0n) is 14.5. The molecule has 2 fully saturated rings. The summed E-state index contributed by atoms with van der Waals surface area (Å²) in [6.45, 7) is 1.33. The number of benzene rings is 1. The summed E-state index contributed by atoms with van der Waals surface area (Å²) in [5.41, 5.74) is 0.648. The number of amides is 1. The smallest absolute Gasteiger partial charge is 0.307 e. The minimum absolute atomic E-state index is 0.0233. The zero-order chi connectivity index (χ0) is 18.1. The fraction of sp³-hybridized carbons (Fsp3) is 0.500. The van der Waals surface area contributed by atoms with Crippen molar-refractivity contribution in [3.8, 4) is 5.75 Å². The first kappa shape index (κ1) is 17.1. The number of hydrogen-bond donors (Lipinski definition) is 2. The Hall–Kier alpha value is -2.34. The molecule has 6 heteroatoms. The van der Waals surface area contributed by atoms with E-state index in [1.807, 2.05) is 12.2 Å². The van der Waals surface area contributed by atoms with Gasteiger partial charge in [-0.25, -0.2) is 0 Å². The van der Waals surface area contributed by atoms with Gasteiger partial charge >= 0.3 is 5.97 Å². The van der Waals surface area contributed by atoms with Crippen LogP contribution in [0.4, 0.5) is 5.69 Å². The maximum absolute atomic E-state index is 12.6. The fourth-order valence-corrected chi connectivity index (χ4v) is 4.34. The van der Waals surface area contributed by atoms with Gasteiger partial charge in [0.25, 0.3) is 0 Å². The van der Waals surface area contributed by atoms with Gasteiger partial charge in [0.05, 0.1) is 17.9 Å². The molecule has 2 aliphatic carbocycles.